The average molecular weight is 380 g/mol. The molecule has 0 fully saturated rings. The number of nitrogens with zero attached hydrogens (tertiary/aromatic N) is 2. The van der Waals surface area contributed by atoms with Crippen LogP contribution in [0, 0.1) is 39.0 Å². The first-order valence-electron chi connectivity index (χ1n) is 9.64. The van der Waals surface area contributed by atoms with Crippen LogP contribution in [0.1, 0.15) is 39.1 Å². The number of fused-ring (bicyclic) bond motifs is 1. The van der Waals surface area contributed by atoms with E-state index in [0.29, 0.717) is 5.56 Å². The number of hydrogen-bond acceptors (Lipinski definition) is 2. The van der Waals surface area contributed by atoms with Crippen LogP contribution >= 0.6 is 0 Å². The van der Waals surface area contributed by atoms with Gasteiger partial charge in [-0.3, -0.25) is 4.98 Å². The third-order valence-electron chi connectivity index (χ3n) is 5.22. The zero-order valence-corrected chi connectivity index (χ0v) is 17.3. The number of aryl methyl sites for hydroxylation is 3. The van der Waals surface area contributed by atoms with Gasteiger partial charge in [0.2, 0.25) is 0 Å². The molecule has 0 aliphatic rings. The molecule has 2 aromatic carbocycles. The maximum Gasteiger partial charge on any atom is 0.101 e. The normalized spacial score (nSPS) is 10.6. The van der Waals surface area contributed by atoms with Gasteiger partial charge in [-0.2, -0.15) is 5.26 Å². The Morgan fingerprint density at radius 1 is 0.897 bits per heavy atom. The summed E-state index contributed by atoms with van der Waals surface area (Å²) in [6.45, 7) is 8.21. The van der Waals surface area contributed by atoms with Crippen molar-refractivity contribution in [3.8, 4) is 6.07 Å². The van der Waals surface area contributed by atoms with E-state index < -0.39 is 0 Å². The number of benzene rings is 2. The Morgan fingerprint density at radius 2 is 1.66 bits per heavy atom. The smallest absolute Gasteiger partial charge is 0.101 e. The summed E-state index contributed by atoms with van der Waals surface area (Å²) in [5.74, 6) is 0. The van der Waals surface area contributed by atoms with Crippen LogP contribution in [-0.4, -0.2) is 9.97 Å². The summed E-state index contributed by atoms with van der Waals surface area (Å²) < 4.78 is 0. The van der Waals surface area contributed by atoms with E-state index in [1.165, 1.54) is 22.0 Å². The zero-order valence-electron chi connectivity index (χ0n) is 17.3. The molecule has 29 heavy (non-hydrogen) atoms. The van der Waals surface area contributed by atoms with Gasteiger partial charge in [0.1, 0.15) is 6.07 Å². The molecule has 3 heteroatoms. The Balaban J connectivity index is 0.000000186. The number of aromatic amines is 1. The van der Waals surface area contributed by atoms with Crippen molar-refractivity contribution < 1.29 is 0 Å². The van der Waals surface area contributed by atoms with Crippen molar-refractivity contribution in [2.24, 2.45) is 0 Å². The number of pyridine rings is 1. The molecule has 144 valence electrons. The quantitative estimate of drug-likeness (QED) is 0.431. The number of aromatic nitrogens is 2. The summed E-state index contributed by atoms with van der Waals surface area (Å²) in [6.07, 6.45) is 7.67. The fourth-order valence-electron chi connectivity index (χ4n) is 3.24. The van der Waals surface area contributed by atoms with Crippen LogP contribution in [0.5, 0.6) is 0 Å². The molecule has 0 aliphatic heterocycles. The first-order chi connectivity index (χ1) is 14.0. The van der Waals surface area contributed by atoms with Gasteiger partial charge in [0.15, 0.2) is 0 Å². The van der Waals surface area contributed by atoms with Crippen LogP contribution < -0.4 is 0 Å². The molecule has 4 rings (SSSR count). The molecule has 1 N–H and O–H groups in total. The average Bonchev–Trinajstić information content (AvgIpc) is 3.22. The number of H-pyrrole nitrogens is 1. The molecule has 0 saturated carbocycles. The van der Waals surface area contributed by atoms with Crippen molar-refractivity contribution in [1.82, 2.24) is 9.97 Å². The monoisotopic (exact) mass is 379 g/mol. The van der Waals surface area contributed by atoms with Crippen LogP contribution in [0.3, 0.4) is 0 Å². The summed E-state index contributed by atoms with van der Waals surface area (Å²) in [7, 11) is 0. The minimum atomic E-state index is 0.633. The van der Waals surface area contributed by atoms with Crippen LogP contribution in [-0.2, 0) is 0 Å². The SMILES string of the molecule is Cc1ccc2[nH]ccc2c1C.Cc1ncc(C#N)c(C)c1/C=C/c1ccccc1. The third-order valence-corrected chi connectivity index (χ3v) is 5.22. The van der Waals surface area contributed by atoms with Crippen molar-refractivity contribution in [2.75, 3.05) is 0 Å². The lowest BCUT2D eigenvalue weighted by atomic mass is 10.0. The highest BCUT2D eigenvalue weighted by Gasteiger charge is 2.05. The van der Waals surface area contributed by atoms with Crippen molar-refractivity contribution in [3.63, 3.8) is 0 Å². The van der Waals surface area contributed by atoms with Gasteiger partial charge in [0.25, 0.3) is 0 Å². The van der Waals surface area contributed by atoms with E-state index in [1.54, 1.807) is 6.20 Å². The fraction of sp³-hybridized carbons (Fsp3) is 0.154. The molecule has 0 radical (unpaired) electrons. The number of nitriles is 1. The molecule has 0 aliphatic carbocycles. The van der Waals surface area contributed by atoms with Crippen LogP contribution in [0.4, 0.5) is 0 Å². The summed E-state index contributed by atoms with van der Waals surface area (Å²) in [5, 5.41) is 10.3. The molecule has 0 atom stereocenters. The molecule has 0 bridgehead atoms. The predicted molar refractivity (Wildman–Crippen MR) is 122 cm³/mol. The molecule has 0 unspecified atom stereocenters. The highest BCUT2D eigenvalue weighted by Crippen LogP contribution is 2.20. The van der Waals surface area contributed by atoms with Gasteiger partial charge in [-0.05, 0) is 67.6 Å². The topological polar surface area (TPSA) is 52.5 Å². The van der Waals surface area contributed by atoms with Gasteiger partial charge < -0.3 is 4.98 Å². The van der Waals surface area contributed by atoms with Gasteiger partial charge in [-0.15, -0.1) is 0 Å². The van der Waals surface area contributed by atoms with Gasteiger partial charge >= 0.3 is 0 Å². The molecule has 2 heterocycles. The van der Waals surface area contributed by atoms with E-state index in [4.69, 9.17) is 5.26 Å². The Morgan fingerprint density at radius 3 is 2.38 bits per heavy atom. The molecule has 4 aromatic rings. The summed E-state index contributed by atoms with van der Waals surface area (Å²) in [4.78, 5) is 7.44. The second kappa shape index (κ2) is 9.03. The van der Waals surface area contributed by atoms with Crippen molar-refractivity contribution in [2.45, 2.75) is 27.7 Å². The van der Waals surface area contributed by atoms with Gasteiger partial charge in [0, 0.05) is 29.0 Å². The van der Waals surface area contributed by atoms with Crippen molar-refractivity contribution in [3.05, 3.63) is 100.0 Å². The lowest BCUT2D eigenvalue weighted by Gasteiger charge is -2.05. The van der Waals surface area contributed by atoms with E-state index in [9.17, 15) is 0 Å². The molecular formula is C26H25N3. The third kappa shape index (κ3) is 4.62. The van der Waals surface area contributed by atoms with Crippen LogP contribution in [0.25, 0.3) is 23.1 Å². The highest BCUT2D eigenvalue weighted by atomic mass is 14.7. The van der Waals surface area contributed by atoms with Crippen molar-refractivity contribution in [1.29, 1.82) is 5.26 Å². The predicted octanol–water partition coefficient (Wildman–Crippen LogP) is 6.53. The number of nitrogens with one attached hydrogen (secondary N) is 1. The van der Waals surface area contributed by atoms with Crippen LogP contribution in [0.15, 0.2) is 60.9 Å². The molecular weight excluding hydrogens is 354 g/mol. The maximum atomic E-state index is 9.00. The second-order valence-electron chi connectivity index (χ2n) is 7.10. The second-order valence-corrected chi connectivity index (χ2v) is 7.10. The zero-order chi connectivity index (χ0) is 20.8. The van der Waals surface area contributed by atoms with E-state index >= 15 is 0 Å². The van der Waals surface area contributed by atoms with E-state index in [1.807, 2.05) is 62.5 Å². The Labute approximate surface area is 172 Å². The standard InChI is InChI=1S/C16H14N2.C10H11N/c1-12-15(10-17)11-18-13(2)16(12)9-8-14-6-4-3-5-7-14;1-7-3-4-10-9(8(7)2)5-6-11-10/h3-9,11H,1-2H3;3-6,11H,1-2H3/b9-8+;. The summed E-state index contributed by atoms with van der Waals surface area (Å²) in [5.41, 5.74) is 8.69. The largest absolute Gasteiger partial charge is 0.361 e. The summed E-state index contributed by atoms with van der Waals surface area (Å²) >= 11 is 0. The lowest BCUT2D eigenvalue weighted by molar-refractivity contribution is 1.15. The minimum absolute atomic E-state index is 0.633. The first-order valence-corrected chi connectivity index (χ1v) is 9.64. The van der Waals surface area contributed by atoms with E-state index in [2.05, 4.69) is 48.1 Å². The molecule has 0 saturated heterocycles. The van der Waals surface area contributed by atoms with Gasteiger partial charge in [0.05, 0.1) is 5.56 Å². The molecule has 0 spiro atoms. The lowest BCUT2D eigenvalue weighted by Crippen LogP contribution is -1.94. The summed E-state index contributed by atoms with van der Waals surface area (Å²) in [6, 6.07) is 18.6. The van der Waals surface area contributed by atoms with Crippen molar-refractivity contribution >= 4 is 23.1 Å². The Bertz CT molecular complexity index is 1190. The highest BCUT2D eigenvalue weighted by molar-refractivity contribution is 5.83. The molecule has 0 amide bonds. The minimum Gasteiger partial charge on any atom is -0.361 e. The molecule has 3 nitrogen and oxygen atoms in total. The molecule has 2 aromatic heterocycles. The van der Waals surface area contributed by atoms with E-state index in [0.717, 1.165) is 22.4 Å². The maximum absolute atomic E-state index is 9.00. The fourth-order valence-corrected chi connectivity index (χ4v) is 3.24. The van der Waals surface area contributed by atoms with Gasteiger partial charge in [-0.25, -0.2) is 0 Å². The number of rotatable bonds is 2. The van der Waals surface area contributed by atoms with Gasteiger partial charge in [-0.1, -0.05) is 48.6 Å². The first kappa shape index (κ1) is 20.1. The van der Waals surface area contributed by atoms with E-state index in [-0.39, 0.29) is 0 Å². The van der Waals surface area contributed by atoms with Crippen LogP contribution in [0.2, 0.25) is 0 Å². The number of hydrogen-bond donors (Lipinski definition) is 1. The Hall–Kier alpha value is -3.64. The Kier molecular flexibility index (Phi) is 6.26.